The van der Waals surface area contributed by atoms with Crippen molar-refractivity contribution in [2.75, 3.05) is 31.6 Å². The lowest BCUT2D eigenvalue weighted by atomic mass is 10.0. The largest absolute Gasteiger partial charge is 0.387 e. The molecule has 3 rings (SSSR count). The van der Waals surface area contributed by atoms with Gasteiger partial charge in [-0.15, -0.1) is 5.10 Å². The van der Waals surface area contributed by atoms with Crippen LogP contribution in [0.1, 0.15) is 24.5 Å². The minimum absolute atomic E-state index is 0.420. The van der Waals surface area contributed by atoms with Crippen molar-refractivity contribution in [3.8, 4) is 0 Å². The normalized spacial score (nSPS) is 19.8. The van der Waals surface area contributed by atoms with E-state index >= 15 is 0 Å². The third kappa shape index (κ3) is 4.06. The zero-order valence-electron chi connectivity index (χ0n) is 13.5. The van der Waals surface area contributed by atoms with Gasteiger partial charge >= 0.3 is 0 Å². The molecule has 1 aromatic carbocycles. The fourth-order valence-electron chi connectivity index (χ4n) is 3.19. The van der Waals surface area contributed by atoms with Gasteiger partial charge in [-0.05, 0) is 37.6 Å². The average molecular weight is 312 g/mol. The SMILES string of the molecule is CN(C[C@@H](O)c1ccccc1)[C@@H]1CCCN(c2cccnn2)C1. The standard InChI is InChI=1S/C18H24N4O/c1-21(14-17(23)15-7-3-2-4-8-15)16-9-6-12-22(13-16)18-10-5-11-19-20-18/h2-5,7-8,10-11,16-17,23H,6,9,12-14H2,1H3/t16-,17-/m1/s1. The second-order valence-corrected chi connectivity index (χ2v) is 6.19. The number of rotatable bonds is 5. The molecular formula is C18H24N4O. The summed E-state index contributed by atoms with van der Waals surface area (Å²) in [6, 6.07) is 14.2. The number of anilines is 1. The van der Waals surface area contributed by atoms with E-state index in [1.807, 2.05) is 42.5 Å². The van der Waals surface area contributed by atoms with Gasteiger partial charge in [-0.1, -0.05) is 30.3 Å². The molecule has 1 fully saturated rings. The van der Waals surface area contributed by atoms with Crippen LogP contribution >= 0.6 is 0 Å². The molecule has 23 heavy (non-hydrogen) atoms. The lowest BCUT2D eigenvalue weighted by Crippen LogP contribution is -2.47. The summed E-state index contributed by atoms with van der Waals surface area (Å²) in [5.74, 6) is 0.939. The van der Waals surface area contributed by atoms with Gasteiger partial charge in [0.05, 0.1) is 6.10 Å². The van der Waals surface area contributed by atoms with Gasteiger partial charge < -0.3 is 10.0 Å². The van der Waals surface area contributed by atoms with Crippen molar-refractivity contribution < 1.29 is 5.11 Å². The number of piperidine rings is 1. The summed E-state index contributed by atoms with van der Waals surface area (Å²) in [5, 5.41) is 18.6. The molecule has 1 N–H and O–H groups in total. The molecular weight excluding hydrogens is 288 g/mol. The number of benzene rings is 1. The summed E-state index contributed by atoms with van der Waals surface area (Å²) in [6.07, 6.45) is 3.53. The van der Waals surface area contributed by atoms with Crippen molar-refractivity contribution in [2.24, 2.45) is 0 Å². The van der Waals surface area contributed by atoms with Crippen LogP contribution in [0.3, 0.4) is 0 Å². The topological polar surface area (TPSA) is 52.5 Å². The van der Waals surface area contributed by atoms with E-state index in [1.54, 1.807) is 6.20 Å². The molecule has 1 saturated heterocycles. The van der Waals surface area contributed by atoms with Crippen molar-refractivity contribution >= 4 is 5.82 Å². The minimum Gasteiger partial charge on any atom is -0.387 e. The van der Waals surface area contributed by atoms with Crippen LogP contribution in [0.4, 0.5) is 5.82 Å². The Hall–Kier alpha value is -1.98. The van der Waals surface area contributed by atoms with Gasteiger partial charge in [-0.25, -0.2) is 0 Å². The number of hydrogen-bond acceptors (Lipinski definition) is 5. The highest BCUT2D eigenvalue weighted by Crippen LogP contribution is 2.21. The van der Waals surface area contributed by atoms with E-state index in [-0.39, 0.29) is 0 Å². The zero-order valence-corrected chi connectivity index (χ0v) is 13.5. The van der Waals surface area contributed by atoms with Crippen LogP contribution in [0.25, 0.3) is 0 Å². The molecule has 1 aliphatic rings. The molecule has 0 bridgehead atoms. The first kappa shape index (κ1) is 15.9. The quantitative estimate of drug-likeness (QED) is 0.916. The fourth-order valence-corrected chi connectivity index (χ4v) is 3.19. The Morgan fingerprint density at radius 2 is 2.09 bits per heavy atom. The van der Waals surface area contributed by atoms with Gasteiger partial charge in [-0.2, -0.15) is 5.10 Å². The molecule has 0 unspecified atom stereocenters. The number of hydrogen-bond donors (Lipinski definition) is 1. The molecule has 1 aliphatic heterocycles. The Morgan fingerprint density at radius 1 is 1.26 bits per heavy atom. The maximum absolute atomic E-state index is 10.4. The number of aromatic nitrogens is 2. The van der Waals surface area contributed by atoms with Gasteiger partial charge in [-0.3, -0.25) is 4.90 Å². The Labute approximate surface area is 137 Å². The van der Waals surface area contributed by atoms with Crippen LogP contribution in [-0.2, 0) is 0 Å². The smallest absolute Gasteiger partial charge is 0.151 e. The van der Waals surface area contributed by atoms with Crippen molar-refractivity contribution in [2.45, 2.75) is 25.0 Å². The molecule has 0 spiro atoms. The molecule has 1 aromatic heterocycles. The van der Waals surface area contributed by atoms with Gasteiger partial charge in [0.15, 0.2) is 5.82 Å². The lowest BCUT2D eigenvalue weighted by molar-refractivity contribution is 0.0986. The summed E-state index contributed by atoms with van der Waals surface area (Å²) in [5.41, 5.74) is 0.973. The lowest BCUT2D eigenvalue weighted by Gasteiger charge is -2.38. The van der Waals surface area contributed by atoms with Crippen LogP contribution in [-0.4, -0.2) is 52.9 Å². The Bertz CT molecular complexity index is 592. The molecule has 0 aliphatic carbocycles. The Balaban J connectivity index is 1.60. The highest BCUT2D eigenvalue weighted by molar-refractivity contribution is 5.37. The Kier molecular flexibility index (Phi) is 5.20. The highest BCUT2D eigenvalue weighted by Gasteiger charge is 2.25. The summed E-state index contributed by atoms with van der Waals surface area (Å²) >= 11 is 0. The maximum atomic E-state index is 10.4. The van der Waals surface area contributed by atoms with Crippen molar-refractivity contribution in [3.63, 3.8) is 0 Å². The molecule has 0 amide bonds. The third-order valence-electron chi connectivity index (χ3n) is 4.55. The van der Waals surface area contributed by atoms with E-state index in [0.717, 1.165) is 37.3 Å². The number of aliphatic hydroxyl groups is 1. The van der Waals surface area contributed by atoms with E-state index in [2.05, 4.69) is 27.0 Å². The minimum atomic E-state index is -0.451. The predicted molar refractivity (Wildman–Crippen MR) is 91.3 cm³/mol. The molecule has 5 heteroatoms. The van der Waals surface area contributed by atoms with Gasteiger partial charge in [0.2, 0.25) is 0 Å². The van der Waals surface area contributed by atoms with Crippen molar-refractivity contribution in [1.29, 1.82) is 0 Å². The molecule has 0 saturated carbocycles. The maximum Gasteiger partial charge on any atom is 0.151 e. The highest BCUT2D eigenvalue weighted by atomic mass is 16.3. The summed E-state index contributed by atoms with van der Waals surface area (Å²) in [4.78, 5) is 4.55. The average Bonchev–Trinajstić information content (AvgIpc) is 2.63. The summed E-state index contributed by atoms with van der Waals surface area (Å²) < 4.78 is 0. The van der Waals surface area contributed by atoms with Crippen LogP contribution in [0.15, 0.2) is 48.7 Å². The van der Waals surface area contributed by atoms with E-state index < -0.39 is 6.10 Å². The number of nitrogens with zero attached hydrogens (tertiary/aromatic N) is 4. The first-order valence-electron chi connectivity index (χ1n) is 8.20. The second kappa shape index (κ2) is 7.53. The van der Waals surface area contributed by atoms with Crippen LogP contribution in [0.2, 0.25) is 0 Å². The monoisotopic (exact) mass is 312 g/mol. The first-order chi connectivity index (χ1) is 11.2. The molecule has 0 radical (unpaired) electrons. The number of likely N-dealkylation sites (N-methyl/N-ethyl adjacent to an activating group) is 1. The van der Waals surface area contributed by atoms with Crippen molar-refractivity contribution in [1.82, 2.24) is 15.1 Å². The van der Waals surface area contributed by atoms with E-state index in [4.69, 9.17) is 0 Å². The van der Waals surface area contributed by atoms with Crippen LogP contribution in [0.5, 0.6) is 0 Å². The number of aliphatic hydroxyl groups excluding tert-OH is 1. The predicted octanol–water partition coefficient (Wildman–Crippen LogP) is 2.11. The van der Waals surface area contributed by atoms with Crippen molar-refractivity contribution in [3.05, 3.63) is 54.2 Å². The Morgan fingerprint density at radius 3 is 2.83 bits per heavy atom. The van der Waals surface area contributed by atoms with Crippen LogP contribution < -0.4 is 4.90 Å². The zero-order chi connectivity index (χ0) is 16.1. The van der Waals surface area contributed by atoms with Crippen LogP contribution in [0, 0.1) is 0 Å². The van der Waals surface area contributed by atoms with E-state index in [9.17, 15) is 5.11 Å². The molecule has 5 nitrogen and oxygen atoms in total. The first-order valence-corrected chi connectivity index (χ1v) is 8.20. The third-order valence-corrected chi connectivity index (χ3v) is 4.55. The van der Waals surface area contributed by atoms with Gasteiger partial charge in [0.25, 0.3) is 0 Å². The molecule has 122 valence electrons. The summed E-state index contributed by atoms with van der Waals surface area (Å²) in [7, 11) is 2.09. The van der Waals surface area contributed by atoms with Gasteiger partial charge in [0.1, 0.15) is 0 Å². The molecule has 2 heterocycles. The summed E-state index contributed by atoms with van der Waals surface area (Å²) in [6.45, 7) is 2.59. The fraction of sp³-hybridized carbons (Fsp3) is 0.444. The second-order valence-electron chi connectivity index (χ2n) is 6.19. The van der Waals surface area contributed by atoms with E-state index in [1.165, 1.54) is 0 Å². The van der Waals surface area contributed by atoms with E-state index in [0.29, 0.717) is 12.6 Å². The van der Waals surface area contributed by atoms with Gasteiger partial charge in [0, 0.05) is 31.9 Å². The molecule has 2 aromatic rings. The molecule has 2 atom stereocenters.